The number of halogens is 3. The molecule has 2 heterocycles. The van der Waals surface area contributed by atoms with E-state index in [1.807, 2.05) is 19.1 Å². The minimum Gasteiger partial charge on any atom is -0.490 e. The Hall–Kier alpha value is -2.03. The Morgan fingerprint density at radius 3 is 2.75 bits per heavy atom. The van der Waals surface area contributed by atoms with E-state index in [1.165, 1.54) is 4.90 Å². The summed E-state index contributed by atoms with van der Waals surface area (Å²) in [5.74, 6) is 1.89. The Balaban J connectivity index is 1.64. The van der Waals surface area contributed by atoms with Gasteiger partial charge in [-0.05, 0) is 57.3 Å². The summed E-state index contributed by atoms with van der Waals surface area (Å²) in [6, 6.07) is 3.67. The fourth-order valence-electron chi connectivity index (χ4n) is 3.16. The van der Waals surface area contributed by atoms with E-state index < -0.39 is 12.7 Å². The van der Waals surface area contributed by atoms with Gasteiger partial charge < -0.3 is 15.4 Å². The highest BCUT2D eigenvalue weighted by Gasteiger charge is 2.32. The predicted molar refractivity (Wildman–Crippen MR) is 104 cm³/mol. The van der Waals surface area contributed by atoms with Crippen molar-refractivity contribution in [2.75, 3.05) is 45.9 Å². The molecule has 2 N–H and O–H groups in total. The van der Waals surface area contributed by atoms with Crippen LogP contribution in [-0.2, 0) is 0 Å². The molecule has 1 aromatic heterocycles. The van der Waals surface area contributed by atoms with Crippen LogP contribution in [0.15, 0.2) is 29.5 Å². The number of nitrogens with one attached hydrogen (secondary N) is 2. The second-order valence-electron chi connectivity index (χ2n) is 6.85. The van der Waals surface area contributed by atoms with Crippen LogP contribution < -0.4 is 15.4 Å². The Bertz CT molecular complexity index is 575. The van der Waals surface area contributed by atoms with Gasteiger partial charge in [0.2, 0.25) is 0 Å². The van der Waals surface area contributed by atoms with Crippen molar-refractivity contribution in [1.29, 1.82) is 0 Å². The Kier molecular flexibility index (Phi) is 9.33. The van der Waals surface area contributed by atoms with Crippen LogP contribution >= 0.6 is 0 Å². The van der Waals surface area contributed by atoms with Crippen molar-refractivity contribution in [1.82, 2.24) is 20.5 Å². The van der Waals surface area contributed by atoms with E-state index in [0.29, 0.717) is 38.7 Å². The Labute approximate surface area is 164 Å². The third-order valence-corrected chi connectivity index (χ3v) is 4.56. The van der Waals surface area contributed by atoms with E-state index in [-0.39, 0.29) is 0 Å². The van der Waals surface area contributed by atoms with Crippen molar-refractivity contribution in [3.63, 3.8) is 0 Å². The summed E-state index contributed by atoms with van der Waals surface area (Å²) < 4.78 is 42.9. The molecule has 158 valence electrons. The molecule has 1 aromatic rings. The van der Waals surface area contributed by atoms with Crippen LogP contribution in [0.2, 0.25) is 0 Å². The molecule has 28 heavy (non-hydrogen) atoms. The lowest BCUT2D eigenvalue weighted by molar-refractivity contribution is -0.148. The predicted octanol–water partition coefficient (Wildman–Crippen LogP) is 2.68. The monoisotopic (exact) mass is 401 g/mol. The summed E-state index contributed by atoms with van der Waals surface area (Å²) in [5, 5.41) is 6.41. The van der Waals surface area contributed by atoms with Gasteiger partial charge in [0.05, 0.1) is 19.3 Å². The molecular formula is C19H30F3N5O. The second kappa shape index (κ2) is 11.7. The number of hydrogen-bond acceptors (Lipinski definition) is 4. The fourth-order valence-corrected chi connectivity index (χ4v) is 3.16. The number of alkyl halides is 3. The molecule has 2 rings (SSSR count). The van der Waals surface area contributed by atoms with Gasteiger partial charge in [0.15, 0.2) is 5.96 Å². The van der Waals surface area contributed by atoms with Gasteiger partial charge in [0, 0.05) is 19.3 Å². The first-order chi connectivity index (χ1) is 13.5. The summed E-state index contributed by atoms with van der Waals surface area (Å²) in [6.07, 6.45) is 1.75. The van der Waals surface area contributed by atoms with Crippen LogP contribution in [0.1, 0.15) is 26.2 Å². The van der Waals surface area contributed by atoms with Crippen LogP contribution in [0, 0.1) is 5.92 Å². The van der Waals surface area contributed by atoms with Crippen molar-refractivity contribution in [3.05, 3.63) is 24.5 Å². The topological polar surface area (TPSA) is 61.8 Å². The lowest BCUT2D eigenvalue weighted by Crippen LogP contribution is -2.40. The highest BCUT2D eigenvalue weighted by molar-refractivity contribution is 5.79. The number of nitrogens with zero attached hydrogens (tertiary/aromatic N) is 3. The van der Waals surface area contributed by atoms with E-state index in [0.717, 1.165) is 37.5 Å². The number of ether oxygens (including phenoxy) is 1. The third-order valence-electron chi connectivity index (χ3n) is 4.56. The highest BCUT2D eigenvalue weighted by atomic mass is 19.4. The van der Waals surface area contributed by atoms with Crippen molar-refractivity contribution >= 4 is 5.96 Å². The molecule has 0 bridgehead atoms. The van der Waals surface area contributed by atoms with Gasteiger partial charge in [-0.15, -0.1) is 0 Å². The molecule has 1 aliphatic heterocycles. The smallest absolute Gasteiger partial charge is 0.401 e. The minimum atomic E-state index is -4.11. The average molecular weight is 401 g/mol. The van der Waals surface area contributed by atoms with Crippen molar-refractivity contribution in [3.8, 4) is 5.75 Å². The molecule has 1 saturated heterocycles. The molecule has 0 spiro atoms. The van der Waals surface area contributed by atoms with E-state index >= 15 is 0 Å². The molecule has 6 nitrogen and oxygen atoms in total. The molecule has 0 aromatic carbocycles. The fraction of sp³-hybridized carbons (Fsp3) is 0.684. The van der Waals surface area contributed by atoms with Gasteiger partial charge in [-0.1, -0.05) is 0 Å². The first-order valence-electron chi connectivity index (χ1n) is 9.80. The van der Waals surface area contributed by atoms with E-state index in [9.17, 15) is 13.2 Å². The van der Waals surface area contributed by atoms with Crippen molar-refractivity contribution < 1.29 is 17.9 Å². The maximum absolute atomic E-state index is 12.4. The van der Waals surface area contributed by atoms with Crippen molar-refractivity contribution in [2.45, 2.75) is 32.4 Å². The lowest BCUT2D eigenvalue weighted by Gasteiger charge is -2.32. The number of aliphatic imine (C=N–C) groups is 1. The van der Waals surface area contributed by atoms with Crippen LogP contribution in [0.3, 0.4) is 0 Å². The van der Waals surface area contributed by atoms with Crippen LogP contribution in [0.5, 0.6) is 5.75 Å². The molecule has 0 radical (unpaired) electrons. The van der Waals surface area contributed by atoms with Crippen LogP contribution in [0.25, 0.3) is 0 Å². The number of piperidine rings is 1. The number of rotatable bonds is 9. The molecule has 0 aliphatic carbocycles. The van der Waals surface area contributed by atoms with E-state index in [2.05, 4.69) is 20.6 Å². The molecule has 0 atom stereocenters. The van der Waals surface area contributed by atoms with Gasteiger partial charge >= 0.3 is 6.18 Å². The quantitative estimate of drug-likeness (QED) is 0.379. The first kappa shape index (κ1) is 22.3. The van der Waals surface area contributed by atoms with Gasteiger partial charge in [-0.3, -0.25) is 14.9 Å². The lowest BCUT2D eigenvalue weighted by atomic mass is 9.93. The molecule has 9 heteroatoms. The number of likely N-dealkylation sites (tertiary alicyclic amines) is 1. The second-order valence-corrected chi connectivity index (χ2v) is 6.85. The van der Waals surface area contributed by atoms with E-state index in [1.54, 1.807) is 12.4 Å². The van der Waals surface area contributed by atoms with Gasteiger partial charge in [0.1, 0.15) is 12.4 Å². The zero-order valence-corrected chi connectivity index (χ0v) is 16.3. The first-order valence-corrected chi connectivity index (χ1v) is 9.80. The third kappa shape index (κ3) is 9.25. The SMILES string of the molecule is CCNC(=NCCC1CCN(CC(F)(F)F)CC1)NCCOc1cccnc1. The summed E-state index contributed by atoms with van der Waals surface area (Å²) in [5.41, 5.74) is 0. The standard InChI is InChI=1S/C19H30F3N5O/c1-2-24-18(26-10-13-28-17-4-3-8-23-14-17)25-9-5-16-6-11-27(12-7-16)15-19(20,21)22/h3-4,8,14,16H,2,5-7,9-13,15H2,1H3,(H2,24,25,26). The van der Waals surface area contributed by atoms with Gasteiger partial charge in [-0.25, -0.2) is 0 Å². The Morgan fingerprint density at radius 1 is 1.32 bits per heavy atom. The molecule has 0 unspecified atom stereocenters. The summed E-state index contributed by atoms with van der Waals surface area (Å²) in [4.78, 5) is 10.1. The maximum atomic E-state index is 12.4. The number of pyridine rings is 1. The molecular weight excluding hydrogens is 371 g/mol. The van der Waals surface area contributed by atoms with Crippen LogP contribution in [-0.4, -0.2) is 67.9 Å². The number of aromatic nitrogens is 1. The Morgan fingerprint density at radius 2 is 2.11 bits per heavy atom. The van der Waals surface area contributed by atoms with Gasteiger partial charge in [0.25, 0.3) is 0 Å². The average Bonchev–Trinajstić information content (AvgIpc) is 2.66. The maximum Gasteiger partial charge on any atom is 0.401 e. The number of guanidine groups is 1. The van der Waals surface area contributed by atoms with Crippen LogP contribution in [0.4, 0.5) is 13.2 Å². The zero-order valence-electron chi connectivity index (χ0n) is 16.3. The molecule has 0 amide bonds. The molecule has 0 saturated carbocycles. The number of hydrogen-bond donors (Lipinski definition) is 2. The summed E-state index contributed by atoms with van der Waals surface area (Å²) in [7, 11) is 0. The zero-order chi connectivity index (χ0) is 20.2. The van der Waals surface area contributed by atoms with Gasteiger partial charge in [-0.2, -0.15) is 13.2 Å². The van der Waals surface area contributed by atoms with Crippen molar-refractivity contribution in [2.24, 2.45) is 10.9 Å². The molecule has 1 fully saturated rings. The highest BCUT2D eigenvalue weighted by Crippen LogP contribution is 2.24. The normalized spacial score (nSPS) is 16.8. The largest absolute Gasteiger partial charge is 0.490 e. The molecule has 1 aliphatic rings. The summed E-state index contributed by atoms with van der Waals surface area (Å²) >= 11 is 0. The minimum absolute atomic E-state index is 0.435. The van der Waals surface area contributed by atoms with E-state index in [4.69, 9.17) is 4.74 Å². The summed E-state index contributed by atoms with van der Waals surface area (Å²) in [6.45, 7) is 4.74.